The number of hydrogen-bond donors (Lipinski definition) is 2. The van der Waals surface area contributed by atoms with Crippen molar-refractivity contribution in [3.05, 3.63) is 24.3 Å². The van der Waals surface area contributed by atoms with Crippen molar-refractivity contribution in [2.75, 3.05) is 25.2 Å². The van der Waals surface area contributed by atoms with Gasteiger partial charge in [0.1, 0.15) is 12.4 Å². The zero-order valence-electron chi connectivity index (χ0n) is 12.5. The predicted molar refractivity (Wildman–Crippen MR) is 79.0 cm³/mol. The van der Waals surface area contributed by atoms with Gasteiger partial charge < -0.3 is 20.1 Å². The van der Waals surface area contributed by atoms with Crippen molar-refractivity contribution in [3.63, 3.8) is 0 Å². The number of para-hydroxylation sites is 2. The van der Waals surface area contributed by atoms with Gasteiger partial charge in [-0.3, -0.25) is 9.59 Å². The van der Waals surface area contributed by atoms with Gasteiger partial charge in [-0.05, 0) is 12.1 Å². The zero-order valence-corrected chi connectivity index (χ0v) is 12.5. The van der Waals surface area contributed by atoms with E-state index in [1.807, 2.05) is 0 Å². The topological polar surface area (TPSA) is 95.9 Å². The van der Waals surface area contributed by atoms with Crippen molar-refractivity contribution < 1.29 is 28.6 Å². The fourth-order valence-electron chi connectivity index (χ4n) is 2.42. The first kappa shape index (κ1) is 16.7. The summed E-state index contributed by atoms with van der Waals surface area (Å²) in [5.74, 6) is -2.62. The Labute approximate surface area is 132 Å². The van der Waals surface area contributed by atoms with Crippen LogP contribution in [-0.4, -0.2) is 49.3 Å². The van der Waals surface area contributed by atoms with Crippen LogP contribution in [0.3, 0.4) is 0 Å². The smallest absolute Gasteiger partial charge is 0.328 e. The van der Waals surface area contributed by atoms with E-state index in [9.17, 15) is 18.8 Å². The molecule has 124 valence electrons. The van der Waals surface area contributed by atoms with Crippen LogP contribution in [0.5, 0.6) is 5.75 Å². The van der Waals surface area contributed by atoms with Crippen LogP contribution in [0, 0.1) is 5.92 Å². The number of aliphatic carboxylic acids is 1. The van der Waals surface area contributed by atoms with Gasteiger partial charge in [0.2, 0.25) is 11.8 Å². The number of nitrogens with zero attached hydrogens (tertiary/aromatic N) is 1. The third-order valence-electron chi connectivity index (χ3n) is 3.64. The molecule has 1 aliphatic rings. The molecule has 0 radical (unpaired) electrons. The number of carboxylic acids is 1. The van der Waals surface area contributed by atoms with E-state index in [1.54, 1.807) is 24.3 Å². The average molecular weight is 324 g/mol. The highest BCUT2D eigenvalue weighted by Crippen LogP contribution is 2.32. The number of carbonyl (C=O) groups is 3. The van der Waals surface area contributed by atoms with E-state index >= 15 is 0 Å². The van der Waals surface area contributed by atoms with Crippen LogP contribution in [0.4, 0.5) is 10.1 Å². The molecule has 2 rings (SSSR count). The summed E-state index contributed by atoms with van der Waals surface area (Å²) in [6.07, 6.45) is -0.0670. The lowest BCUT2D eigenvalue weighted by atomic mass is 10.1. The van der Waals surface area contributed by atoms with E-state index in [-0.39, 0.29) is 18.9 Å². The second-order valence-electron chi connectivity index (χ2n) is 5.13. The second-order valence-corrected chi connectivity index (χ2v) is 5.13. The summed E-state index contributed by atoms with van der Waals surface area (Å²) in [6.45, 7) is -1.12. The Morgan fingerprint density at radius 2 is 2.17 bits per heavy atom. The number of carboxylic acid groups (broad SMARTS) is 1. The van der Waals surface area contributed by atoms with Gasteiger partial charge >= 0.3 is 5.97 Å². The molecule has 1 aliphatic heterocycles. The standard InChI is InChI=1S/C15H17FN2O5/c1-23-12-5-3-2-4-11(12)18-8-9(6-13(18)19)14(20)17-10(7-16)15(21)22/h2-5,9-10H,6-8H2,1H3,(H,17,20)(H,21,22). The zero-order chi connectivity index (χ0) is 17.0. The fraction of sp³-hybridized carbons (Fsp3) is 0.400. The van der Waals surface area contributed by atoms with E-state index in [0.29, 0.717) is 11.4 Å². The Hall–Kier alpha value is -2.64. The first-order valence-corrected chi connectivity index (χ1v) is 7.00. The number of anilines is 1. The third-order valence-corrected chi connectivity index (χ3v) is 3.64. The van der Waals surface area contributed by atoms with Crippen molar-refractivity contribution >= 4 is 23.5 Å². The van der Waals surface area contributed by atoms with Gasteiger partial charge in [-0.1, -0.05) is 12.1 Å². The molecule has 1 saturated heterocycles. The molecule has 0 spiro atoms. The number of ether oxygens (including phenoxy) is 1. The van der Waals surface area contributed by atoms with E-state index < -0.39 is 30.5 Å². The largest absolute Gasteiger partial charge is 0.495 e. The first-order valence-electron chi connectivity index (χ1n) is 7.00. The van der Waals surface area contributed by atoms with Gasteiger partial charge in [-0.15, -0.1) is 0 Å². The summed E-state index contributed by atoms with van der Waals surface area (Å²) in [6, 6.07) is 5.28. The van der Waals surface area contributed by atoms with E-state index in [2.05, 4.69) is 5.32 Å². The molecular formula is C15H17FN2O5. The number of halogens is 1. The summed E-state index contributed by atoms with van der Waals surface area (Å²) in [4.78, 5) is 36.4. The quantitative estimate of drug-likeness (QED) is 0.798. The van der Waals surface area contributed by atoms with Crippen LogP contribution < -0.4 is 15.0 Å². The molecule has 0 aromatic heterocycles. The Kier molecular flexibility index (Phi) is 5.15. The maximum atomic E-state index is 12.6. The summed E-state index contributed by atoms with van der Waals surface area (Å²) in [7, 11) is 1.47. The number of benzene rings is 1. The summed E-state index contributed by atoms with van der Waals surface area (Å²) < 4.78 is 17.8. The molecule has 0 saturated carbocycles. The lowest BCUT2D eigenvalue weighted by molar-refractivity contribution is -0.142. The molecule has 7 nitrogen and oxygen atoms in total. The highest BCUT2D eigenvalue weighted by Gasteiger charge is 2.37. The molecule has 0 bridgehead atoms. The van der Waals surface area contributed by atoms with Gasteiger partial charge in [0.05, 0.1) is 18.7 Å². The molecule has 1 aromatic rings. The van der Waals surface area contributed by atoms with Crippen LogP contribution in [0.15, 0.2) is 24.3 Å². The van der Waals surface area contributed by atoms with Crippen molar-refractivity contribution in [2.24, 2.45) is 5.92 Å². The highest BCUT2D eigenvalue weighted by atomic mass is 19.1. The van der Waals surface area contributed by atoms with Gasteiger partial charge in [-0.25, -0.2) is 9.18 Å². The molecule has 1 fully saturated rings. The summed E-state index contributed by atoms with van der Waals surface area (Å²) >= 11 is 0. The predicted octanol–water partition coefficient (Wildman–Crippen LogP) is 0.587. The number of rotatable bonds is 6. The molecule has 0 aliphatic carbocycles. The number of methoxy groups -OCH3 is 1. The molecule has 2 N–H and O–H groups in total. The summed E-state index contributed by atoms with van der Waals surface area (Å²) in [5, 5.41) is 10.9. The molecule has 23 heavy (non-hydrogen) atoms. The highest BCUT2D eigenvalue weighted by molar-refractivity contribution is 6.01. The normalized spacial score (nSPS) is 18.6. The Bertz CT molecular complexity index is 622. The number of nitrogens with one attached hydrogen (secondary N) is 1. The van der Waals surface area contributed by atoms with Crippen molar-refractivity contribution in [3.8, 4) is 5.75 Å². The monoisotopic (exact) mass is 324 g/mol. The minimum absolute atomic E-state index is 0.0670. The number of hydrogen-bond acceptors (Lipinski definition) is 4. The molecule has 2 unspecified atom stereocenters. The Balaban J connectivity index is 2.10. The van der Waals surface area contributed by atoms with Gasteiger partial charge in [0, 0.05) is 13.0 Å². The van der Waals surface area contributed by atoms with Crippen molar-refractivity contribution in [1.29, 1.82) is 0 Å². The van der Waals surface area contributed by atoms with E-state index in [4.69, 9.17) is 9.84 Å². The molecule has 1 heterocycles. The summed E-state index contributed by atoms with van der Waals surface area (Å²) in [5.41, 5.74) is 0.538. The Morgan fingerprint density at radius 1 is 1.48 bits per heavy atom. The number of amides is 2. The van der Waals surface area contributed by atoms with Crippen molar-refractivity contribution in [2.45, 2.75) is 12.5 Å². The van der Waals surface area contributed by atoms with Crippen LogP contribution in [-0.2, 0) is 14.4 Å². The van der Waals surface area contributed by atoms with E-state index in [1.165, 1.54) is 12.0 Å². The maximum absolute atomic E-state index is 12.6. The fourth-order valence-corrected chi connectivity index (χ4v) is 2.42. The van der Waals surface area contributed by atoms with Crippen LogP contribution in [0.25, 0.3) is 0 Å². The van der Waals surface area contributed by atoms with Crippen molar-refractivity contribution in [1.82, 2.24) is 5.32 Å². The molecule has 1 aromatic carbocycles. The molecule has 2 atom stereocenters. The Morgan fingerprint density at radius 3 is 2.78 bits per heavy atom. The van der Waals surface area contributed by atoms with Crippen LogP contribution in [0.2, 0.25) is 0 Å². The minimum Gasteiger partial charge on any atom is -0.495 e. The van der Waals surface area contributed by atoms with Crippen LogP contribution >= 0.6 is 0 Å². The van der Waals surface area contributed by atoms with Gasteiger partial charge in [-0.2, -0.15) is 0 Å². The first-order chi connectivity index (χ1) is 11.0. The third kappa shape index (κ3) is 3.58. The second kappa shape index (κ2) is 7.08. The minimum atomic E-state index is -1.60. The number of alkyl halides is 1. The van der Waals surface area contributed by atoms with Gasteiger partial charge in [0.25, 0.3) is 0 Å². The van der Waals surface area contributed by atoms with E-state index in [0.717, 1.165) is 0 Å². The molecule has 2 amide bonds. The number of carbonyl (C=O) groups excluding carboxylic acids is 2. The molecule has 8 heteroatoms. The van der Waals surface area contributed by atoms with Crippen LogP contribution in [0.1, 0.15) is 6.42 Å². The lowest BCUT2D eigenvalue weighted by Crippen LogP contribution is -2.45. The molecular weight excluding hydrogens is 307 g/mol. The average Bonchev–Trinajstić information content (AvgIpc) is 2.93. The lowest BCUT2D eigenvalue weighted by Gasteiger charge is -2.19. The maximum Gasteiger partial charge on any atom is 0.328 e. The van der Waals surface area contributed by atoms with Gasteiger partial charge in [0.15, 0.2) is 6.04 Å². The SMILES string of the molecule is COc1ccccc1N1CC(C(=O)NC(CF)C(=O)O)CC1=O.